The van der Waals surface area contributed by atoms with Gasteiger partial charge in [0.2, 0.25) is 0 Å². The van der Waals surface area contributed by atoms with Gasteiger partial charge in [-0.3, -0.25) is 9.48 Å². The molecule has 3 rings (SSSR count). The lowest BCUT2D eigenvalue weighted by atomic mass is 10.1. The van der Waals surface area contributed by atoms with Crippen molar-refractivity contribution >= 4 is 17.2 Å². The molecule has 0 aromatic carbocycles. The molecule has 1 atom stereocenters. The zero-order chi connectivity index (χ0) is 13.2. The van der Waals surface area contributed by atoms with Crippen molar-refractivity contribution < 1.29 is 4.79 Å². The molecule has 0 radical (unpaired) electrons. The molecule has 3 heterocycles. The highest BCUT2D eigenvalue weighted by Gasteiger charge is 2.26. The standard InChI is InChI=1S/C13H16N4OS/c1-10-14-8-12(19-10)13(18)16-6-2-4-11(9-16)17-7-3-5-15-17/h3,5,7-8,11H,2,4,6,9H2,1H3. The van der Waals surface area contributed by atoms with Gasteiger partial charge in [0, 0.05) is 25.5 Å². The summed E-state index contributed by atoms with van der Waals surface area (Å²) in [6.45, 7) is 3.48. The molecule has 1 aliphatic heterocycles. The van der Waals surface area contributed by atoms with Crippen molar-refractivity contribution in [3.8, 4) is 0 Å². The van der Waals surface area contributed by atoms with Crippen LogP contribution in [0, 0.1) is 6.92 Å². The summed E-state index contributed by atoms with van der Waals surface area (Å²) in [7, 11) is 0. The zero-order valence-electron chi connectivity index (χ0n) is 10.8. The van der Waals surface area contributed by atoms with E-state index in [1.807, 2.05) is 28.8 Å². The normalized spacial score (nSPS) is 19.6. The number of amides is 1. The van der Waals surface area contributed by atoms with Crippen LogP contribution in [0.4, 0.5) is 0 Å². The van der Waals surface area contributed by atoms with Gasteiger partial charge in [0.15, 0.2) is 0 Å². The number of thiazole rings is 1. The Kier molecular flexibility index (Phi) is 3.33. The van der Waals surface area contributed by atoms with Crippen LogP contribution in [0.5, 0.6) is 0 Å². The number of aromatic nitrogens is 3. The molecule has 1 saturated heterocycles. The number of hydrogen-bond acceptors (Lipinski definition) is 4. The number of carbonyl (C=O) groups is 1. The van der Waals surface area contributed by atoms with Gasteiger partial charge in [0.25, 0.3) is 5.91 Å². The maximum atomic E-state index is 12.4. The predicted octanol–water partition coefficient (Wildman–Crippen LogP) is 2.13. The van der Waals surface area contributed by atoms with Crippen molar-refractivity contribution in [2.24, 2.45) is 0 Å². The summed E-state index contributed by atoms with van der Waals surface area (Å²) in [5, 5.41) is 5.21. The first-order valence-corrected chi connectivity index (χ1v) is 7.26. The lowest BCUT2D eigenvalue weighted by molar-refractivity contribution is 0.0677. The fourth-order valence-electron chi connectivity index (χ4n) is 2.47. The number of nitrogens with zero attached hydrogens (tertiary/aromatic N) is 4. The van der Waals surface area contributed by atoms with Crippen LogP contribution in [0.3, 0.4) is 0 Å². The second kappa shape index (κ2) is 5.13. The maximum Gasteiger partial charge on any atom is 0.265 e. The minimum Gasteiger partial charge on any atom is -0.336 e. The second-order valence-corrected chi connectivity index (χ2v) is 6.01. The van der Waals surface area contributed by atoms with Gasteiger partial charge in [-0.05, 0) is 25.8 Å². The van der Waals surface area contributed by atoms with Crippen LogP contribution in [0.25, 0.3) is 0 Å². The molecule has 5 nitrogen and oxygen atoms in total. The summed E-state index contributed by atoms with van der Waals surface area (Å²) in [6, 6.07) is 2.22. The van der Waals surface area contributed by atoms with Crippen molar-refractivity contribution in [1.82, 2.24) is 19.7 Å². The highest BCUT2D eigenvalue weighted by Crippen LogP contribution is 2.23. The highest BCUT2D eigenvalue weighted by atomic mass is 32.1. The lowest BCUT2D eigenvalue weighted by Crippen LogP contribution is -2.40. The molecule has 0 N–H and O–H groups in total. The Bertz CT molecular complexity index is 563. The van der Waals surface area contributed by atoms with Gasteiger partial charge >= 0.3 is 0 Å². The molecular weight excluding hydrogens is 260 g/mol. The van der Waals surface area contributed by atoms with Crippen LogP contribution in [0.15, 0.2) is 24.7 Å². The molecule has 6 heteroatoms. The fraction of sp³-hybridized carbons (Fsp3) is 0.462. The second-order valence-electron chi connectivity index (χ2n) is 4.78. The topological polar surface area (TPSA) is 51.0 Å². The van der Waals surface area contributed by atoms with Crippen LogP contribution in [0.2, 0.25) is 0 Å². The molecule has 0 spiro atoms. The third-order valence-corrected chi connectivity index (χ3v) is 4.32. The van der Waals surface area contributed by atoms with Crippen molar-refractivity contribution in [1.29, 1.82) is 0 Å². The SMILES string of the molecule is Cc1ncc(C(=O)N2CCCC(n3cccn3)C2)s1. The van der Waals surface area contributed by atoms with Crippen molar-refractivity contribution in [3.63, 3.8) is 0 Å². The Morgan fingerprint density at radius 2 is 2.42 bits per heavy atom. The van der Waals surface area contributed by atoms with E-state index in [0.29, 0.717) is 6.04 Å². The number of carbonyl (C=O) groups excluding carboxylic acids is 1. The van der Waals surface area contributed by atoms with Crippen LogP contribution in [0.1, 0.15) is 33.6 Å². The largest absolute Gasteiger partial charge is 0.336 e. The molecule has 2 aromatic heterocycles. The molecule has 2 aromatic rings. The van der Waals surface area contributed by atoms with Crippen molar-refractivity contribution in [2.45, 2.75) is 25.8 Å². The van der Waals surface area contributed by atoms with E-state index in [0.717, 1.165) is 35.8 Å². The maximum absolute atomic E-state index is 12.4. The van der Waals surface area contributed by atoms with Crippen LogP contribution < -0.4 is 0 Å². The van der Waals surface area contributed by atoms with Gasteiger partial charge < -0.3 is 4.90 Å². The highest BCUT2D eigenvalue weighted by molar-refractivity contribution is 7.13. The molecule has 1 aliphatic rings. The molecule has 1 fully saturated rings. The minimum atomic E-state index is 0.0995. The average molecular weight is 276 g/mol. The Morgan fingerprint density at radius 1 is 1.53 bits per heavy atom. The first-order valence-electron chi connectivity index (χ1n) is 6.45. The Hall–Kier alpha value is -1.69. The number of hydrogen-bond donors (Lipinski definition) is 0. The molecule has 0 aliphatic carbocycles. The molecular formula is C13H16N4OS. The van der Waals surface area contributed by atoms with Gasteiger partial charge in [-0.2, -0.15) is 5.10 Å². The van der Waals surface area contributed by atoms with Gasteiger partial charge in [0.1, 0.15) is 4.88 Å². The first kappa shape index (κ1) is 12.3. The lowest BCUT2D eigenvalue weighted by Gasteiger charge is -2.32. The smallest absolute Gasteiger partial charge is 0.265 e. The average Bonchev–Trinajstić information content (AvgIpc) is 3.09. The van der Waals surface area contributed by atoms with Gasteiger partial charge in [-0.15, -0.1) is 11.3 Å². The van der Waals surface area contributed by atoms with Crippen LogP contribution in [-0.2, 0) is 0 Å². The molecule has 19 heavy (non-hydrogen) atoms. The van der Waals surface area contributed by atoms with E-state index < -0.39 is 0 Å². The van der Waals surface area contributed by atoms with E-state index in [1.54, 1.807) is 12.4 Å². The van der Waals surface area contributed by atoms with E-state index in [2.05, 4.69) is 10.1 Å². The van der Waals surface area contributed by atoms with Crippen LogP contribution in [-0.4, -0.2) is 38.7 Å². The minimum absolute atomic E-state index is 0.0995. The number of aryl methyl sites for hydroxylation is 1. The van der Waals surface area contributed by atoms with Crippen molar-refractivity contribution in [3.05, 3.63) is 34.5 Å². The third-order valence-electron chi connectivity index (χ3n) is 3.41. The Morgan fingerprint density at radius 3 is 3.11 bits per heavy atom. The molecule has 100 valence electrons. The summed E-state index contributed by atoms with van der Waals surface area (Å²) in [5.74, 6) is 0.0995. The summed E-state index contributed by atoms with van der Waals surface area (Å²) < 4.78 is 1.96. The zero-order valence-corrected chi connectivity index (χ0v) is 11.6. The molecule has 0 bridgehead atoms. The van der Waals surface area contributed by atoms with E-state index >= 15 is 0 Å². The fourth-order valence-corrected chi connectivity index (χ4v) is 3.21. The van der Waals surface area contributed by atoms with E-state index in [-0.39, 0.29) is 5.91 Å². The number of likely N-dealkylation sites (tertiary alicyclic amines) is 1. The molecule has 0 saturated carbocycles. The van der Waals surface area contributed by atoms with Crippen molar-refractivity contribution in [2.75, 3.05) is 13.1 Å². The van der Waals surface area contributed by atoms with Gasteiger partial charge in [0.05, 0.1) is 17.2 Å². The summed E-state index contributed by atoms with van der Waals surface area (Å²) in [6.07, 6.45) is 7.53. The summed E-state index contributed by atoms with van der Waals surface area (Å²) in [5.41, 5.74) is 0. The van der Waals surface area contributed by atoms with E-state index in [9.17, 15) is 4.79 Å². The number of piperidine rings is 1. The first-order chi connectivity index (χ1) is 9.24. The molecule has 1 unspecified atom stereocenters. The Balaban J connectivity index is 1.73. The van der Waals surface area contributed by atoms with Gasteiger partial charge in [-0.1, -0.05) is 0 Å². The van der Waals surface area contributed by atoms with E-state index in [4.69, 9.17) is 0 Å². The summed E-state index contributed by atoms with van der Waals surface area (Å²) >= 11 is 1.46. The number of rotatable bonds is 2. The van der Waals surface area contributed by atoms with E-state index in [1.165, 1.54) is 11.3 Å². The predicted molar refractivity (Wildman–Crippen MR) is 73.3 cm³/mol. The summed E-state index contributed by atoms with van der Waals surface area (Å²) in [4.78, 5) is 19.2. The monoisotopic (exact) mass is 276 g/mol. The van der Waals surface area contributed by atoms with Crippen LogP contribution >= 0.6 is 11.3 Å². The quantitative estimate of drug-likeness (QED) is 0.844. The third kappa shape index (κ3) is 2.53. The molecule has 1 amide bonds. The Labute approximate surface area is 115 Å². The van der Waals surface area contributed by atoms with Gasteiger partial charge in [-0.25, -0.2) is 4.98 Å².